The highest BCUT2D eigenvalue weighted by molar-refractivity contribution is 8.00. The van der Waals surface area contributed by atoms with Crippen LogP contribution in [0.25, 0.3) is 0 Å². The van der Waals surface area contributed by atoms with Crippen LogP contribution in [0.2, 0.25) is 0 Å². The average molecular weight is 408 g/mol. The number of halogens is 5. The Labute approximate surface area is 152 Å². The molecule has 0 aromatic heterocycles. The van der Waals surface area contributed by atoms with E-state index in [0.29, 0.717) is 5.57 Å². The Hall–Kier alpha value is -2.63. The number of rotatable bonds is 3. The first-order chi connectivity index (χ1) is 12.6. The Balaban J connectivity index is 1.88. The molecule has 0 saturated carbocycles. The number of hydrogen-bond donors (Lipinski definition) is 2. The van der Waals surface area contributed by atoms with E-state index in [2.05, 4.69) is 0 Å². The number of β-lactam (4-membered cyclic amide) rings is 1. The Kier molecular flexibility index (Phi) is 4.62. The van der Waals surface area contributed by atoms with Crippen molar-refractivity contribution >= 4 is 29.5 Å². The monoisotopic (exact) mass is 408 g/mol. The van der Waals surface area contributed by atoms with Gasteiger partial charge in [0.25, 0.3) is 11.8 Å². The minimum Gasteiger partial charge on any atom is -0.477 e. The summed E-state index contributed by atoms with van der Waals surface area (Å²) in [4.78, 5) is 36.4. The lowest BCUT2D eigenvalue weighted by atomic mass is 10.0. The van der Waals surface area contributed by atoms with Crippen LogP contribution in [0.3, 0.4) is 0 Å². The maximum Gasteiger partial charge on any atom is 0.352 e. The quantitative estimate of drug-likeness (QED) is 0.345. The van der Waals surface area contributed by atoms with Crippen molar-refractivity contribution < 1.29 is 41.4 Å². The SMILES string of the molecule is CC1=C(C(=O)O)N2C(=O)[C@@H](NC(=O)c3c(F)c(F)c(F)c(F)c3F)[C@H]2SC1. The van der Waals surface area contributed by atoms with Crippen molar-refractivity contribution in [3.8, 4) is 0 Å². The zero-order valence-corrected chi connectivity index (χ0v) is 14.1. The van der Waals surface area contributed by atoms with E-state index >= 15 is 0 Å². The summed E-state index contributed by atoms with van der Waals surface area (Å²) in [6.45, 7) is 1.50. The Morgan fingerprint density at radius 3 is 2.11 bits per heavy atom. The van der Waals surface area contributed by atoms with Crippen molar-refractivity contribution in [1.29, 1.82) is 0 Å². The fourth-order valence-corrected chi connectivity index (χ4v) is 4.09. The molecule has 2 aliphatic rings. The summed E-state index contributed by atoms with van der Waals surface area (Å²) in [5.74, 6) is -15.4. The molecule has 2 N–H and O–H groups in total. The van der Waals surface area contributed by atoms with Gasteiger partial charge in [0.15, 0.2) is 23.3 Å². The lowest BCUT2D eigenvalue weighted by molar-refractivity contribution is -0.148. The number of hydrogen-bond acceptors (Lipinski definition) is 4. The van der Waals surface area contributed by atoms with Gasteiger partial charge in [-0.3, -0.25) is 14.5 Å². The van der Waals surface area contributed by atoms with Crippen LogP contribution >= 0.6 is 11.8 Å². The van der Waals surface area contributed by atoms with Crippen LogP contribution < -0.4 is 5.32 Å². The number of carbonyl (C=O) groups is 3. The van der Waals surface area contributed by atoms with Crippen molar-refractivity contribution in [1.82, 2.24) is 10.2 Å². The first-order valence-corrected chi connectivity index (χ1v) is 8.32. The van der Waals surface area contributed by atoms with Gasteiger partial charge in [-0.2, -0.15) is 0 Å². The van der Waals surface area contributed by atoms with Crippen molar-refractivity contribution in [2.75, 3.05) is 5.75 Å². The molecule has 1 aromatic carbocycles. The Morgan fingerprint density at radius 2 is 1.59 bits per heavy atom. The summed E-state index contributed by atoms with van der Waals surface area (Å²) < 4.78 is 66.9. The molecule has 27 heavy (non-hydrogen) atoms. The van der Waals surface area contributed by atoms with Crippen LogP contribution in [0.4, 0.5) is 22.0 Å². The predicted molar refractivity (Wildman–Crippen MR) is 80.9 cm³/mol. The minimum atomic E-state index is -2.41. The topological polar surface area (TPSA) is 86.7 Å². The highest BCUT2D eigenvalue weighted by Gasteiger charge is 2.54. The van der Waals surface area contributed by atoms with E-state index in [1.54, 1.807) is 0 Å². The van der Waals surface area contributed by atoms with Crippen LogP contribution in [-0.2, 0) is 9.59 Å². The van der Waals surface area contributed by atoms with Gasteiger partial charge in [0, 0.05) is 5.75 Å². The smallest absolute Gasteiger partial charge is 0.352 e. The van der Waals surface area contributed by atoms with Crippen LogP contribution in [0, 0.1) is 29.1 Å². The van der Waals surface area contributed by atoms with Gasteiger partial charge in [0.1, 0.15) is 22.7 Å². The van der Waals surface area contributed by atoms with E-state index in [9.17, 15) is 41.4 Å². The third-order valence-corrected chi connectivity index (χ3v) is 5.51. The van der Waals surface area contributed by atoms with Crippen molar-refractivity contribution in [3.05, 3.63) is 45.9 Å². The second-order valence-electron chi connectivity index (χ2n) is 5.74. The number of carboxylic acids is 1. The van der Waals surface area contributed by atoms with Gasteiger partial charge in [-0.15, -0.1) is 11.8 Å². The van der Waals surface area contributed by atoms with E-state index in [1.165, 1.54) is 6.92 Å². The van der Waals surface area contributed by atoms with Gasteiger partial charge < -0.3 is 10.4 Å². The molecule has 0 aliphatic carbocycles. The number of carboxylic acid groups (broad SMARTS) is 1. The molecule has 2 atom stereocenters. The van der Waals surface area contributed by atoms with Gasteiger partial charge >= 0.3 is 5.97 Å². The van der Waals surface area contributed by atoms with E-state index in [4.69, 9.17) is 0 Å². The number of fused-ring (bicyclic) bond motifs is 1. The molecule has 12 heteroatoms. The molecule has 0 bridgehead atoms. The highest BCUT2D eigenvalue weighted by Crippen LogP contribution is 2.40. The molecule has 2 aliphatic heterocycles. The van der Waals surface area contributed by atoms with Crippen LogP contribution in [0.15, 0.2) is 11.3 Å². The zero-order chi connectivity index (χ0) is 20.2. The number of nitrogens with zero attached hydrogens (tertiary/aromatic N) is 1. The van der Waals surface area contributed by atoms with Crippen LogP contribution in [0.1, 0.15) is 17.3 Å². The number of carbonyl (C=O) groups excluding carboxylic acids is 2. The lowest BCUT2D eigenvalue weighted by Crippen LogP contribution is -2.70. The summed E-state index contributed by atoms with van der Waals surface area (Å²) in [6, 6.07) is -1.38. The number of nitrogens with one attached hydrogen (secondary N) is 1. The first-order valence-electron chi connectivity index (χ1n) is 7.27. The summed E-state index contributed by atoms with van der Waals surface area (Å²) in [7, 11) is 0. The van der Waals surface area contributed by atoms with Gasteiger partial charge in [0.05, 0.1) is 0 Å². The van der Waals surface area contributed by atoms with Crippen LogP contribution in [0.5, 0.6) is 0 Å². The molecule has 0 unspecified atom stereocenters. The summed E-state index contributed by atoms with van der Waals surface area (Å²) in [6.07, 6.45) is 0. The highest BCUT2D eigenvalue weighted by atomic mass is 32.2. The van der Waals surface area contributed by atoms with E-state index < -0.39 is 63.8 Å². The molecule has 6 nitrogen and oxygen atoms in total. The molecule has 144 valence electrons. The van der Waals surface area contributed by atoms with Crippen LogP contribution in [-0.4, -0.2) is 45.0 Å². The van der Waals surface area contributed by atoms with Crippen molar-refractivity contribution in [3.63, 3.8) is 0 Å². The normalized spacial score (nSPS) is 21.7. The molecule has 3 rings (SSSR count). The lowest BCUT2D eigenvalue weighted by Gasteiger charge is -2.49. The van der Waals surface area contributed by atoms with E-state index in [0.717, 1.165) is 16.7 Å². The molecular formula is C15H9F5N2O4S. The second-order valence-corrected chi connectivity index (χ2v) is 6.84. The Morgan fingerprint density at radius 1 is 1.07 bits per heavy atom. The number of benzene rings is 1. The largest absolute Gasteiger partial charge is 0.477 e. The van der Waals surface area contributed by atoms with E-state index in [-0.39, 0.29) is 11.4 Å². The second kappa shape index (κ2) is 6.51. The third-order valence-electron chi connectivity index (χ3n) is 4.08. The van der Waals surface area contributed by atoms with Gasteiger partial charge in [0.2, 0.25) is 5.82 Å². The summed E-state index contributed by atoms with van der Waals surface area (Å²) in [5, 5.41) is 10.2. The molecule has 2 amide bonds. The zero-order valence-electron chi connectivity index (χ0n) is 13.3. The maximum atomic E-state index is 13.7. The van der Waals surface area contributed by atoms with Crippen molar-refractivity contribution in [2.45, 2.75) is 18.3 Å². The third kappa shape index (κ3) is 2.74. The molecule has 2 heterocycles. The minimum absolute atomic E-state index is 0.213. The number of aliphatic carboxylic acids is 1. The average Bonchev–Trinajstić information content (AvgIpc) is 2.62. The fraction of sp³-hybridized carbons (Fsp3) is 0.267. The van der Waals surface area contributed by atoms with Gasteiger partial charge in [-0.25, -0.2) is 26.7 Å². The molecule has 1 fully saturated rings. The maximum absolute atomic E-state index is 13.7. The first kappa shape index (κ1) is 19.1. The molecule has 1 saturated heterocycles. The summed E-state index contributed by atoms with van der Waals surface area (Å²) >= 11 is 1.08. The van der Waals surface area contributed by atoms with Gasteiger partial charge in [-0.1, -0.05) is 0 Å². The fourth-order valence-electron chi connectivity index (χ4n) is 2.79. The van der Waals surface area contributed by atoms with E-state index in [1.807, 2.05) is 5.32 Å². The molecule has 0 spiro atoms. The molecule has 1 aromatic rings. The van der Waals surface area contributed by atoms with Crippen molar-refractivity contribution in [2.24, 2.45) is 0 Å². The number of amides is 2. The standard InChI is InChI=1S/C15H9F5N2O4S/c1-3-2-27-14-10(13(24)22(14)11(3)15(25)26)21-12(23)4-5(16)7(18)9(20)8(19)6(4)17/h10,14H,2H2,1H3,(H,21,23)(H,25,26)/t10-,14-/m1/s1. The summed E-state index contributed by atoms with van der Waals surface area (Å²) in [5.41, 5.74) is -1.59. The molecular weight excluding hydrogens is 399 g/mol. The van der Waals surface area contributed by atoms with Gasteiger partial charge in [-0.05, 0) is 12.5 Å². The Bertz CT molecular complexity index is 906. The predicted octanol–water partition coefficient (Wildman–Crippen LogP) is 1.75. The number of thioether (sulfide) groups is 1. The molecule has 0 radical (unpaired) electrons.